The lowest BCUT2D eigenvalue weighted by molar-refractivity contribution is 0.0523. The molecule has 23 heavy (non-hydrogen) atoms. The number of thiophene rings is 1. The van der Waals surface area contributed by atoms with Crippen LogP contribution in [0.1, 0.15) is 29.7 Å². The van der Waals surface area contributed by atoms with Gasteiger partial charge in [-0.05, 0) is 42.2 Å². The zero-order valence-corrected chi connectivity index (χ0v) is 14.7. The predicted octanol–water partition coefficient (Wildman–Crippen LogP) is 1.85. The number of ether oxygens (including phenoxy) is 1. The summed E-state index contributed by atoms with van der Waals surface area (Å²) < 4.78 is 5.67. The Morgan fingerprint density at radius 3 is 3.30 bits per heavy atom. The van der Waals surface area contributed by atoms with E-state index in [1.165, 1.54) is 38.8 Å². The van der Waals surface area contributed by atoms with Crippen LogP contribution in [0.4, 0.5) is 0 Å². The van der Waals surface area contributed by atoms with E-state index < -0.39 is 0 Å². The van der Waals surface area contributed by atoms with E-state index in [1.54, 1.807) is 10.4 Å². The first-order valence-corrected chi connectivity index (χ1v) is 10.1. The average Bonchev–Trinajstić information content (AvgIpc) is 3.24. The van der Waals surface area contributed by atoms with Crippen LogP contribution in [0, 0.1) is 5.92 Å². The van der Waals surface area contributed by atoms with Gasteiger partial charge in [0.2, 0.25) is 0 Å². The lowest BCUT2D eigenvalue weighted by atomic mass is 9.94. The quantitative estimate of drug-likeness (QED) is 0.861. The van der Waals surface area contributed by atoms with E-state index in [9.17, 15) is 0 Å². The Morgan fingerprint density at radius 2 is 2.39 bits per heavy atom. The third-order valence-electron chi connectivity index (χ3n) is 5.76. The molecule has 1 saturated carbocycles. The fourth-order valence-corrected chi connectivity index (χ4v) is 5.38. The second kappa shape index (κ2) is 7.62. The van der Waals surface area contributed by atoms with Crippen molar-refractivity contribution in [3.63, 3.8) is 0 Å². The van der Waals surface area contributed by atoms with Gasteiger partial charge in [-0.15, -0.1) is 11.3 Å². The predicted molar refractivity (Wildman–Crippen MR) is 95.0 cm³/mol. The summed E-state index contributed by atoms with van der Waals surface area (Å²) in [6.45, 7) is 7.46. The van der Waals surface area contributed by atoms with Gasteiger partial charge in [0.1, 0.15) is 0 Å². The zero-order chi connectivity index (χ0) is 15.5. The largest absolute Gasteiger partial charge is 0.379 e. The Morgan fingerprint density at radius 1 is 1.39 bits per heavy atom. The monoisotopic (exact) mass is 335 g/mol. The van der Waals surface area contributed by atoms with Crippen molar-refractivity contribution in [3.05, 3.63) is 21.9 Å². The number of hydrogen-bond donors (Lipinski definition) is 2. The van der Waals surface area contributed by atoms with Crippen LogP contribution in [0.15, 0.2) is 11.4 Å². The van der Waals surface area contributed by atoms with Crippen molar-refractivity contribution in [3.8, 4) is 0 Å². The van der Waals surface area contributed by atoms with Gasteiger partial charge in [0.05, 0.1) is 13.2 Å². The molecule has 0 amide bonds. The number of morpholine rings is 1. The van der Waals surface area contributed by atoms with E-state index in [2.05, 4.69) is 27.0 Å². The summed E-state index contributed by atoms with van der Waals surface area (Å²) in [5.41, 5.74) is 1.56. The molecule has 128 valence electrons. The Balaban J connectivity index is 1.23. The molecule has 1 saturated heterocycles. The van der Waals surface area contributed by atoms with Gasteiger partial charge in [-0.1, -0.05) is 6.42 Å². The van der Waals surface area contributed by atoms with Gasteiger partial charge in [0.15, 0.2) is 0 Å². The van der Waals surface area contributed by atoms with Crippen molar-refractivity contribution >= 4 is 11.3 Å². The van der Waals surface area contributed by atoms with Crippen molar-refractivity contribution in [2.45, 2.75) is 44.3 Å². The van der Waals surface area contributed by atoms with E-state index in [0.717, 1.165) is 38.8 Å². The van der Waals surface area contributed by atoms with Gasteiger partial charge in [0, 0.05) is 49.7 Å². The maximum absolute atomic E-state index is 5.67. The molecule has 2 N–H and O–H groups in total. The van der Waals surface area contributed by atoms with Gasteiger partial charge >= 0.3 is 0 Å². The van der Waals surface area contributed by atoms with Crippen LogP contribution in [-0.4, -0.2) is 56.4 Å². The summed E-state index contributed by atoms with van der Waals surface area (Å²) in [6, 6.07) is 3.55. The summed E-state index contributed by atoms with van der Waals surface area (Å²) in [6.07, 6.45) is 5.28. The van der Waals surface area contributed by atoms with Crippen LogP contribution in [0.2, 0.25) is 0 Å². The average molecular weight is 336 g/mol. The highest BCUT2D eigenvalue weighted by atomic mass is 32.1. The molecule has 3 atom stereocenters. The first-order chi connectivity index (χ1) is 11.4. The minimum absolute atomic E-state index is 0.562. The van der Waals surface area contributed by atoms with Crippen LogP contribution >= 0.6 is 11.3 Å². The molecule has 4 rings (SSSR count). The SMILES string of the molecule is c1cc2c(s1)CCN(CCNC1CCCC1C1COCCN1)C2. The summed E-state index contributed by atoms with van der Waals surface area (Å²) in [7, 11) is 0. The maximum Gasteiger partial charge on any atom is 0.0623 e. The van der Waals surface area contributed by atoms with Crippen LogP contribution in [0.25, 0.3) is 0 Å². The molecule has 0 radical (unpaired) electrons. The van der Waals surface area contributed by atoms with Crippen molar-refractivity contribution in [2.24, 2.45) is 5.92 Å². The summed E-state index contributed by atoms with van der Waals surface area (Å²) in [4.78, 5) is 4.21. The molecule has 3 aliphatic rings. The summed E-state index contributed by atoms with van der Waals surface area (Å²) >= 11 is 1.93. The van der Waals surface area contributed by atoms with Crippen LogP contribution in [0.5, 0.6) is 0 Å². The van der Waals surface area contributed by atoms with Gasteiger partial charge < -0.3 is 15.4 Å². The molecular weight excluding hydrogens is 306 g/mol. The molecule has 5 heteroatoms. The highest BCUT2D eigenvalue weighted by Gasteiger charge is 2.34. The molecular formula is C18H29N3OS. The van der Waals surface area contributed by atoms with Crippen LogP contribution in [0.3, 0.4) is 0 Å². The normalized spacial score (nSPS) is 32.1. The Hall–Kier alpha value is -0.460. The van der Waals surface area contributed by atoms with Gasteiger partial charge in [-0.3, -0.25) is 4.90 Å². The minimum atomic E-state index is 0.562. The third kappa shape index (κ3) is 3.80. The maximum atomic E-state index is 5.67. The molecule has 2 fully saturated rings. The second-order valence-corrected chi connectivity index (χ2v) is 8.19. The molecule has 2 aliphatic heterocycles. The number of rotatable bonds is 5. The van der Waals surface area contributed by atoms with E-state index in [1.807, 2.05) is 11.3 Å². The smallest absolute Gasteiger partial charge is 0.0623 e. The fourth-order valence-electron chi connectivity index (χ4n) is 4.49. The van der Waals surface area contributed by atoms with Crippen LogP contribution in [-0.2, 0) is 17.7 Å². The summed E-state index contributed by atoms with van der Waals surface area (Å²) in [5.74, 6) is 0.750. The molecule has 3 heterocycles. The Labute approximate surface area is 143 Å². The Bertz CT molecular complexity index is 500. The molecule has 3 unspecified atom stereocenters. The molecule has 1 aromatic rings. The minimum Gasteiger partial charge on any atom is -0.379 e. The molecule has 0 spiro atoms. The third-order valence-corrected chi connectivity index (χ3v) is 6.78. The highest BCUT2D eigenvalue weighted by Crippen LogP contribution is 2.29. The molecule has 0 aromatic carbocycles. The van der Waals surface area contributed by atoms with Crippen LogP contribution < -0.4 is 10.6 Å². The van der Waals surface area contributed by atoms with Crippen molar-refractivity contribution < 1.29 is 4.74 Å². The standard InChI is InChI=1S/C18H29N3OS/c1-2-15(17-13-22-10-7-20-17)16(3-1)19-6-9-21-8-4-18-14(12-21)5-11-23-18/h5,11,15-17,19-20H,1-4,6-10,12-13H2. The van der Waals surface area contributed by atoms with E-state index in [0.29, 0.717) is 12.1 Å². The first kappa shape index (κ1) is 16.0. The van der Waals surface area contributed by atoms with Gasteiger partial charge in [0.25, 0.3) is 0 Å². The molecule has 1 aromatic heterocycles. The summed E-state index contributed by atoms with van der Waals surface area (Å²) in [5, 5.41) is 9.77. The van der Waals surface area contributed by atoms with E-state index in [-0.39, 0.29) is 0 Å². The molecule has 4 nitrogen and oxygen atoms in total. The zero-order valence-electron chi connectivity index (χ0n) is 13.9. The van der Waals surface area contributed by atoms with Crippen molar-refractivity contribution in [2.75, 3.05) is 39.4 Å². The number of nitrogens with zero attached hydrogens (tertiary/aromatic N) is 1. The van der Waals surface area contributed by atoms with Gasteiger partial charge in [-0.2, -0.15) is 0 Å². The van der Waals surface area contributed by atoms with Crippen molar-refractivity contribution in [1.29, 1.82) is 0 Å². The number of hydrogen-bond acceptors (Lipinski definition) is 5. The van der Waals surface area contributed by atoms with E-state index >= 15 is 0 Å². The highest BCUT2D eigenvalue weighted by molar-refractivity contribution is 7.10. The number of fused-ring (bicyclic) bond motifs is 1. The molecule has 1 aliphatic carbocycles. The lowest BCUT2D eigenvalue weighted by Crippen LogP contribution is -2.51. The topological polar surface area (TPSA) is 36.5 Å². The fraction of sp³-hybridized carbons (Fsp3) is 0.778. The number of nitrogens with one attached hydrogen (secondary N) is 2. The first-order valence-electron chi connectivity index (χ1n) is 9.22. The van der Waals surface area contributed by atoms with Crippen molar-refractivity contribution in [1.82, 2.24) is 15.5 Å². The van der Waals surface area contributed by atoms with Gasteiger partial charge in [-0.25, -0.2) is 0 Å². The van der Waals surface area contributed by atoms with E-state index in [4.69, 9.17) is 4.74 Å². The Kier molecular flexibility index (Phi) is 5.31. The molecule has 0 bridgehead atoms. The second-order valence-electron chi connectivity index (χ2n) is 7.19. The lowest BCUT2D eigenvalue weighted by Gasteiger charge is -2.33.